The molecule has 0 aliphatic carbocycles. The Morgan fingerprint density at radius 1 is 1.31 bits per heavy atom. The fraction of sp³-hybridized carbons (Fsp3) is 0.625. The van der Waals surface area contributed by atoms with Crippen LogP contribution in [0, 0.1) is 0 Å². The largest absolute Gasteiger partial charge is 0.478 e. The Morgan fingerprint density at radius 3 is 2.23 bits per heavy atom. The second-order valence-corrected chi connectivity index (χ2v) is 2.76. The van der Waals surface area contributed by atoms with Gasteiger partial charge in [0.15, 0.2) is 0 Å². The second kappa shape index (κ2) is 5.69. The van der Waals surface area contributed by atoms with E-state index in [2.05, 4.69) is 6.58 Å². The molecule has 0 aliphatic heterocycles. The monoisotopic (exact) mass is 190 g/mol. The van der Waals surface area contributed by atoms with Gasteiger partial charge in [0.25, 0.3) is 0 Å². The predicted molar refractivity (Wildman–Crippen MR) is 45.1 cm³/mol. The first-order valence-electron chi connectivity index (χ1n) is 3.87. The van der Waals surface area contributed by atoms with Crippen LogP contribution in [-0.2, 0) is 4.79 Å². The quantitative estimate of drug-likeness (QED) is 0.408. The molecule has 0 radical (unpaired) electrons. The molecular weight excluding hydrogens is 176 g/mol. The van der Waals surface area contributed by atoms with Crippen molar-refractivity contribution in [3.63, 3.8) is 0 Å². The van der Waals surface area contributed by atoms with E-state index >= 15 is 0 Å². The van der Waals surface area contributed by atoms with Crippen molar-refractivity contribution >= 4 is 5.97 Å². The summed E-state index contributed by atoms with van der Waals surface area (Å²) in [6.45, 7) is 2.72. The van der Waals surface area contributed by atoms with E-state index in [-0.39, 0.29) is 18.4 Å². The van der Waals surface area contributed by atoms with E-state index in [1.54, 1.807) is 0 Å². The lowest BCUT2D eigenvalue weighted by molar-refractivity contribution is -0.132. The number of hydrogen-bond donors (Lipinski definition) is 4. The third-order valence-corrected chi connectivity index (χ3v) is 1.68. The van der Waals surface area contributed by atoms with Gasteiger partial charge in [-0.25, -0.2) is 4.79 Å². The van der Waals surface area contributed by atoms with E-state index in [1.807, 2.05) is 0 Å². The Kier molecular flexibility index (Phi) is 5.29. The fourth-order valence-corrected chi connectivity index (χ4v) is 0.743. The summed E-state index contributed by atoms with van der Waals surface area (Å²) < 4.78 is 0. The minimum Gasteiger partial charge on any atom is -0.478 e. The smallest absolute Gasteiger partial charge is 0.330 e. The van der Waals surface area contributed by atoms with Gasteiger partial charge in [-0.15, -0.1) is 0 Å². The van der Waals surface area contributed by atoms with E-state index in [9.17, 15) is 4.79 Å². The zero-order chi connectivity index (χ0) is 10.4. The minimum absolute atomic E-state index is 0.0239. The first kappa shape index (κ1) is 12.1. The Balaban J connectivity index is 3.76. The molecule has 0 bridgehead atoms. The van der Waals surface area contributed by atoms with Crippen LogP contribution in [0.3, 0.4) is 0 Å². The zero-order valence-electron chi connectivity index (χ0n) is 7.18. The van der Waals surface area contributed by atoms with Crippen molar-refractivity contribution in [1.82, 2.24) is 0 Å². The highest BCUT2D eigenvalue weighted by atomic mass is 16.4. The minimum atomic E-state index is -1.22. The van der Waals surface area contributed by atoms with Crippen LogP contribution >= 0.6 is 0 Å². The van der Waals surface area contributed by atoms with Crippen LogP contribution in [0.2, 0.25) is 0 Å². The molecule has 0 aromatic heterocycles. The summed E-state index contributed by atoms with van der Waals surface area (Å²) in [5, 5.41) is 34.8. The molecule has 13 heavy (non-hydrogen) atoms. The van der Waals surface area contributed by atoms with Gasteiger partial charge in [0.1, 0.15) is 6.10 Å². The molecule has 0 fully saturated rings. The molecule has 0 aromatic carbocycles. The van der Waals surface area contributed by atoms with Gasteiger partial charge in [-0.2, -0.15) is 0 Å². The molecule has 0 spiro atoms. The van der Waals surface area contributed by atoms with Gasteiger partial charge in [0, 0.05) is 5.57 Å². The van der Waals surface area contributed by atoms with Gasteiger partial charge in [-0.1, -0.05) is 6.58 Å². The number of carbonyl (C=O) groups is 1. The van der Waals surface area contributed by atoms with Crippen LogP contribution in [0.25, 0.3) is 0 Å². The van der Waals surface area contributed by atoms with Crippen LogP contribution < -0.4 is 0 Å². The average molecular weight is 190 g/mol. The number of hydrogen-bond acceptors (Lipinski definition) is 4. The van der Waals surface area contributed by atoms with Crippen molar-refractivity contribution in [2.24, 2.45) is 0 Å². The topological polar surface area (TPSA) is 98.0 Å². The lowest BCUT2D eigenvalue weighted by atomic mass is 10.1. The van der Waals surface area contributed by atoms with Crippen molar-refractivity contribution < 1.29 is 25.2 Å². The van der Waals surface area contributed by atoms with Gasteiger partial charge in [-0.3, -0.25) is 0 Å². The van der Waals surface area contributed by atoms with E-state index < -0.39 is 24.8 Å². The number of carboxylic acid groups (broad SMARTS) is 1. The standard InChI is InChI=1S/C8H14O5/c1-5(8(12)13)2-3-6(10)7(11)4-9/h6-7,9-11H,1-4H2,(H,12,13). The van der Waals surface area contributed by atoms with Crippen LogP contribution in [-0.4, -0.2) is 45.2 Å². The number of aliphatic carboxylic acids is 1. The summed E-state index contributed by atoms with van der Waals surface area (Å²) in [7, 11) is 0. The molecule has 0 heterocycles. The van der Waals surface area contributed by atoms with E-state index in [1.165, 1.54) is 0 Å². The molecule has 4 N–H and O–H groups in total. The normalized spacial score (nSPS) is 15.0. The Labute approximate surface area is 75.9 Å². The third kappa shape index (κ3) is 4.62. The Bertz CT molecular complexity index is 189. The molecule has 0 aliphatic rings. The molecule has 0 amide bonds. The number of aliphatic hydroxyl groups excluding tert-OH is 3. The van der Waals surface area contributed by atoms with Gasteiger partial charge in [0.05, 0.1) is 12.7 Å². The molecule has 0 rings (SSSR count). The van der Waals surface area contributed by atoms with Gasteiger partial charge < -0.3 is 20.4 Å². The van der Waals surface area contributed by atoms with E-state index in [0.29, 0.717) is 0 Å². The second-order valence-electron chi connectivity index (χ2n) is 2.76. The molecule has 5 nitrogen and oxygen atoms in total. The van der Waals surface area contributed by atoms with Crippen LogP contribution in [0.15, 0.2) is 12.2 Å². The van der Waals surface area contributed by atoms with Gasteiger partial charge in [0.2, 0.25) is 0 Å². The van der Waals surface area contributed by atoms with Crippen molar-refractivity contribution in [3.8, 4) is 0 Å². The molecule has 5 heteroatoms. The highest BCUT2D eigenvalue weighted by molar-refractivity contribution is 5.85. The molecule has 2 unspecified atom stereocenters. The molecule has 0 saturated carbocycles. The third-order valence-electron chi connectivity index (χ3n) is 1.68. The first-order valence-corrected chi connectivity index (χ1v) is 3.87. The predicted octanol–water partition coefficient (Wildman–Crippen LogP) is -0.879. The van der Waals surface area contributed by atoms with Crippen molar-refractivity contribution in [1.29, 1.82) is 0 Å². The fourth-order valence-electron chi connectivity index (χ4n) is 0.743. The average Bonchev–Trinajstić information content (AvgIpc) is 2.11. The highest BCUT2D eigenvalue weighted by Crippen LogP contribution is 2.08. The number of carboxylic acids is 1. The van der Waals surface area contributed by atoms with Crippen LogP contribution in [0.5, 0.6) is 0 Å². The molecule has 0 saturated heterocycles. The van der Waals surface area contributed by atoms with Gasteiger partial charge in [-0.05, 0) is 12.8 Å². The summed E-state index contributed by atoms with van der Waals surface area (Å²) in [5.74, 6) is -1.12. The Morgan fingerprint density at radius 2 is 1.85 bits per heavy atom. The lowest BCUT2D eigenvalue weighted by Crippen LogP contribution is -2.29. The SMILES string of the molecule is C=C(CCC(O)C(O)CO)C(=O)O. The maximum absolute atomic E-state index is 10.3. The molecular formula is C8H14O5. The summed E-state index contributed by atoms with van der Waals surface area (Å²) in [4.78, 5) is 10.3. The molecule has 2 atom stereocenters. The highest BCUT2D eigenvalue weighted by Gasteiger charge is 2.16. The van der Waals surface area contributed by atoms with Gasteiger partial charge >= 0.3 is 5.97 Å². The summed E-state index contributed by atoms with van der Waals surface area (Å²) in [6.07, 6.45) is -2.16. The Hall–Kier alpha value is -0.910. The summed E-state index contributed by atoms with van der Waals surface area (Å²) >= 11 is 0. The van der Waals surface area contributed by atoms with Crippen molar-refractivity contribution in [3.05, 3.63) is 12.2 Å². The number of rotatable bonds is 6. The van der Waals surface area contributed by atoms with Crippen molar-refractivity contribution in [2.45, 2.75) is 25.0 Å². The van der Waals surface area contributed by atoms with Crippen LogP contribution in [0.1, 0.15) is 12.8 Å². The van der Waals surface area contributed by atoms with E-state index in [4.69, 9.17) is 20.4 Å². The first-order chi connectivity index (χ1) is 5.99. The molecule has 0 aromatic rings. The zero-order valence-corrected chi connectivity index (χ0v) is 7.18. The maximum Gasteiger partial charge on any atom is 0.330 e. The van der Waals surface area contributed by atoms with E-state index in [0.717, 1.165) is 0 Å². The number of aliphatic hydroxyl groups is 3. The lowest BCUT2D eigenvalue weighted by Gasteiger charge is -2.14. The molecule has 76 valence electrons. The van der Waals surface area contributed by atoms with Crippen LogP contribution in [0.4, 0.5) is 0 Å². The summed E-state index contributed by atoms with van der Waals surface area (Å²) in [5.41, 5.74) is -0.0239. The van der Waals surface area contributed by atoms with Crippen molar-refractivity contribution in [2.75, 3.05) is 6.61 Å². The summed E-state index contributed by atoms with van der Waals surface area (Å²) in [6, 6.07) is 0. The maximum atomic E-state index is 10.3.